The highest BCUT2D eigenvalue weighted by Gasteiger charge is 2.07. The van der Waals surface area contributed by atoms with Gasteiger partial charge in [-0.1, -0.05) is 0 Å². The smallest absolute Gasteiger partial charge is 0.192 e. The zero-order valence-corrected chi connectivity index (χ0v) is 6.36. The Kier molecular flexibility index (Phi) is 1.49. The Morgan fingerprint density at radius 3 is 3.00 bits per heavy atom. The van der Waals surface area contributed by atoms with Gasteiger partial charge in [-0.05, 0) is 23.8 Å². The van der Waals surface area contributed by atoms with Crippen LogP contribution in [0, 0.1) is 11.3 Å². The van der Waals surface area contributed by atoms with Crippen molar-refractivity contribution in [2.24, 2.45) is 0 Å². The van der Waals surface area contributed by atoms with Crippen LogP contribution in [0.5, 0.6) is 0 Å². The molecule has 0 atom stereocenters. The second kappa shape index (κ2) is 2.63. The molecule has 0 spiro atoms. The van der Waals surface area contributed by atoms with Gasteiger partial charge in [-0.2, -0.15) is 5.26 Å². The van der Waals surface area contributed by atoms with E-state index in [2.05, 4.69) is 11.1 Å². The van der Waals surface area contributed by atoms with Gasteiger partial charge in [-0.15, -0.1) is 0 Å². The molecule has 1 radical (unpaired) electrons. The zero-order valence-electron chi connectivity index (χ0n) is 6.36. The number of fused-ring (bicyclic) bond motifs is 1. The summed E-state index contributed by atoms with van der Waals surface area (Å²) in [5.74, 6) is 0. The predicted octanol–water partition coefficient (Wildman–Crippen LogP) is 1.30. The highest BCUT2D eigenvalue weighted by molar-refractivity contribution is 5.87. The summed E-state index contributed by atoms with van der Waals surface area (Å²) >= 11 is 0. The molecule has 0 aliphatic carbocycles. The van der Waals surface area contributed by atoms with Gasteiger partial charge in [-0.3, -0.25) is 0 Å². The fraction of sp³-hybridized carbons (Fsp3) is 0. The molecule has 1 aromatic carbocycles. The summed E-state index contributed by atoms with van der Waals surface area (Å²) in [7, 11) is 0. The Hall–Kier alpha value is -1.88. The van der Waals surface area contributed by atoms with Crippen LogP contribution >= 0.6 is 0 Å². The molecule has 0 N–H and O–H groups in total. The molecule has 2 nitrogen and oxygen atoms in total. The maximum Gasteiger partial charge on any atom is 0.249 e. The Morgan fingerprint density at radius 2 is 2.17 bits per heavy atom. The second-order valence-corrected chi connectivity index (χ2v) is 2.55. The van der Waals surface area contributed by atoms with Crippen molar-refractivity contribution >= 4 is 12.3 Å². The molecule has 0 saturated carbocycles. The summed E-state index contributed by atoms with van der Waals surface area (Å²) < 4.78 is 0. The highest BCUT2D eigenvalue weighted by atomic mass is 14.7. The first-order valence-electron chi connectivity index (χ1n) is 3.64. The van der Waals surface area contributed by atoms with Gasteiger partial charge in [0.05, 0.1) is 22.2 Å². The number of aliphatic imine (C=N–C) groups is 1. The lowest BCUT2D eigenvalue weighted by Crippen LogP contribution is -1.96. The summed E-state index contributed by atoms with van der Waals surface area (Å²) in [5, 5.41) is 8.63. The predicted molar refractivity (Wildman–Crippen MR) is 47.5 cm³/mol. The number of benzene rings is 1. The van der Waals surface area contributed by atoms with E-state index in [1.54, 1.807) is 18.5 Å². The largest absolute Gasteiger partial charge is 0.249 e. The lowest BCUT2D eigenvalue weighted by Gasteiger charge is -1.97. The molecule has 1 aliphatic heterocycles. The third-order valence-corrected chi connectivity index (χ3v) is 1.77. The van der Waals surface area contributed by atoms with Crippen LogP contribution in [0.1, 0.15) is 16.7 Å². The Balaban J connectivity index is 2.61. The van der Waals surface area contributed by atoms with Crippen molar-refractivity contribution in [1.29, 1.82) is 5.26 Å². The number of hydrogen-bond acceptors (Lipinski definition) is 2. The first-order valence-corrected chi connectivity index (χ1v) is 3.64. The number of nitrogens with zero attached hydrogens (tertiary/aromatic N) is 2. The van der Waals surface area contributed by atoms with Crippen LogP contribution in [0.3, 0.4) is 0 Å². The van der Waals surface area contributed by atoms with Gasteiger partial charge in [0.2, 0.25) is 12.4 Å². The van der Waals surface area contributed by atoms with Crippen LogP contribution in [-0.4, -0.2) is 6.21 Å². The van der Waals surface area contributed by atoms with Crippen LogP contribution in [-0.2, 0) is 0 Å². The fourth-order valence-electron chi connectivity index (χ4n) is 1.15. The van der Waals surface area contributed by atoms with E-state index in [1.165, 1.54) is 0 Å². The molecule has 0 saturated heterocycles. The molecule has 0 aromatic heterocycles. The second-order valence-electron chi connectivity index (χ2n) is 2.55. The molecule has 55 valence electrons. The minimum atomic E-state index is 0.689. The topological polar surface area (TPSA) is 37.9 Å². The van der Waals surface area contributed by atoms with E-state index < -0.39 is 0 Å². The van der Waals surface area contributed by atoms with Gasteiger partial charge in [0.25, 0.3) is 0 Å². The summed E-state index contributed by atoms with van der Waals surface area (Å²) in [6.45, 7) is 0. The molecular weight excluding hydrogens is 148 g/mol. The van der Waals surface area contributed by atoms with Gasteiger partial charge in [0, 0.05) is 6.08 Å². The Bertz CT molecular complexity index is 408. The molecular formula is C10H6N2+. The monoisotopic (exact) mass is 154 g/mol. The average molecular weight is 154 g/mol. The van der Waals surface area contributed by atoms with Crippen molar-refractivity contribution < 1.29 is 0 Å². The maximum absolute atomic E-state index is 8.63. The van der Waals surface area contributed by atoms with Crippen molar-refractivity contribution in [2.75, 3.05) is 0 Å². The normalized spacial score (nSPS) is 12.2. The molecule has 0 unspecified atom stereocenters. The molecule has 12 heavy (non-hydrogen) atoms. The van der Waals surface area contributed by atoms with Crippen molar-refractivity contribution in [3.63, 3.8) is 0 Å². The molecule has 0 bridgehead atoms. The molecule has 0 fully saturated rings. The minimum Gasteiger partial charge on any atom is -0.192 e. The van der Waals surface area contributed by atoms with Crippen molar-refractivity contribution in [3.8, 4) is 6.07 Å². The van der Waals surface area contributed by atoms with Crippen molar-refractivity contribution in [3.05, 3.63) is 41.1 Å². The number of hydrogen-bond donors (Lipinski definition) is 0. The third-order valence-electron chi connectivity index (χ3n) is 1.77. The van der Waals surface area contributed by atoms with E-state index >= 15 is 0 Å². The van der Waals surface area contributed by atoms with Crippen LogP contribution < -0.4 is 4.99 Å². The quantitative estimate of drug-likeness (QED) is 0.555. The van der Waals surface area contributed by atoms with E-state index in [9.17, 15) is 0 Å². The molecule has 1 heterocycles. The SMILES string of the molecule is N#Cc1ccc2c(c1)C=C[N+]=C2. The number of nitriles is 1. The third kappa shape index (κ3) is 1.02. The summed E-state index contributed by atoms with van der Waals surface area (Å²) in [6, 6.07) is 7.66. The van der Waals surface area contributed by atoms with E-state index in [1.807, 2.05) is 18.2 Å². The lowest BCUT2D eigenvalue weighted by atomic mass is 10.0. The zero-order chi connectivity index (χ0) is 8.39. The molecule has 2 rings (SSSR count). The van der Waals surface area contributed by atoms with E-state index in [0.29, 0.717) is 5.56 Å². The van der Waals surface area contributed by atoms with Crippen LogP contribution in [0.4, 0.5) is 0 Å². The van der Waals surface area contributed by atoms with Crippen molar-refractivity contribution in [1.82, 2.24) is 4.99 Å². The summed E-state index contributed by atoms with van der Waals surface area (Å²) in [4.78, 5) is 3.99. The van der Waals surface area contributed by atoms with Crippen LogP contribution in [0.25, 0.3) is 6.08 Å². The standard InChI is InChI=1S/C10H6N2/c11-6-8-1-2-10-7-12-4-3-9(10)5-8/h1-5,7H/q+1. The van der Waals surface area contributed by atoms with Gasteiger partial charge in [0.1, 0.15) is 0 Å². The summed E-state index contributed by atoms with van der Waals surface area (Å²) in [5.41, 5.74) is 2.81. The minimum absolute atomic E-state index is 0.689. The molecule has 1 aliphatic rings. The highest BCUT2D eigenvalue weighted by Crippen LogP contribution is 2.12. The lowest BCUT2D eigenvalue weighted by molar-refractivity contribution is 1.38. The van der Waals surface area contributed by atoms with E-state index in [4.69, 9.17) is 5.26 Å². The van der Waals surface area contributed by atoms with Crippen molar-refractivity contribution in [2.45, 2.75) is 0 Å². The van der Waals surface area contributed by atoms with Gasteiger partial charge >= 0.3 is 0 Å². The fourth-order valence-corrected chi connectivity index (χ4v) is 1.15. The Morgan fingerprint density at radius 1 is 1.25 bits per heavy atom. The summed E-state index contributed by atoms with van der Waals surface area (Å²) in [6.07, 6.45) is 5.41. The Labute approximate surface area is 70.5 Å². The maximum atomic E-state index is 8.63. The van der Waals surface area contributed by atoms with Crippen LogP contribution in [0.15, 0.2) is 24.4 Å². The first-order chi connectivity index (χ1) is 5.90. The number of rotatable bonds is 0. The van der Waals surface area contributed by atoms with Gasteiger partial charge < -0.3 is 0 Å². The molecule has 0 amide bonds. The first kappa shape index (κ1) is 6.81. The average Bonchev–Trinajstić information content (AvgIpc) is 2.17. The van der Waals surface area contributed by atoms with E-state index in [0.717, 1.165) is 11.1 Å². The molecule has 1 aromatic rings. The molecule has 2 heteroatoms. The van der Waals surface area contributed by atoms with Gasteiger partial charge in [0.15, 0.2) is 0 Å². The van der Waals surface area contributed by atoms with E-state index in [-0.39, 0.29) is 0 Å². The van der Waals surface area contributed by atoms with Gasteiger partial charge in [-0.25, -0.2) is 0 Å². The van der Waals surface area contributed by atoms with Crippen LogP contribution in [0.2, 0.25) is 0 Å².